The molecular formula is C16H24N2OS. The molecule has 0 unspecified atom stereocenters. The number of rotatable bonds is 4. The Morgan fingerprint density at radius 1 is 1.35 bits per heavy atom. The first-order valence-electron chi connectivity index (χ1n) is 7.33. The lowest BCUT2D eigenvalue weighted by atomic mass is 9.87. The fourth-order valence-electron chi connectivity index (χ4n) is 2.60. The molecule has 0 aromatic heterocycles. The summed E-state index contributed by atoms with van der Waals surface area (Å²) in [7, 11) is 0. The van der Waals surface area contributed by atoms with Crippen molar-refractivity contribution in [1.82, 2.24) is 5.32 Å². The third kappa shape index (κ3) is 4.17. The third-order valence-electron chi connectivity index (χ3n) is 4.02. The average molecular weight is 292 g/mol. The monoisotopic (exact) mass is 292 g/mol. The first-order valence-corrected chi connectivity index (χ1v) is 8.32. The maximum Gasteiger partial charge on any atom is 0.230 e. The van der Waals surface area contributed by atoms with E-state index >= 15 is 0 Å². The summed E-state index contributed by atoms with van der Waals surface area (Å²) in [6.45, 7) is 4.27. The predicted octanol–water partition coefficient (Wildman–Crippen LogP) is 3.36. The van der Waals surface area contributed by atoms with Crippen molar-refractivity contribution in [2.24, 2.45) is 5.92 Å². The van der Waals surface area contributed by atoms with Gasteiger partial charge in [-0.15, -0.1) is 11.8 Å². The molecule has 1 aromatic carbocycles. The Labute approximate surface area is 125 Å². The number of nitrogen functional groups attached to an aromatic ring is 1. The van der Waals surface area contributed by atoms with E-state index in [4.69, 9.17) is 5.73 Å². The smallest absolute Gasteiger partial charge is 0.230 e. The van der Waals surface area contributed by atoms with Gasteiger partial charge in [0.15, 0.2) is 0 Å². The van der Waals surface area contributed by atoms with Crippen LogP contribution >= 0.6 is 11.8 Å². The lowest BCUT2D eigenvalue weighted by Crippen LogP contribution is -2.38. The van der Waals surface area contributed by atoms with E-state index in [0.29, 0.717) is 11.8 Å². The molecule has 0 saturated heterocycles. The number of hydrogen-bond acceptors (Lipinski definition) is 3. The summed E-state index contributed by atoms with van der Waals surface area (Å²) in [5.41, 5.74) is 7.87. The van der Waals surface area contributed by atoms with Crippen LogP contribution in [0.15, 0.2) is 23.1 Å². The second-order valence-corrected chi connectivity index (χ2v) is 6.82. The molecule has 1 aliphatic rings. The van der Waals surface area contributed by atoms with Crippen LogP contribution in [0.5, 0.6) is 0 Å². The van der Waals surface area contributed by atoms with Gasteiger partial charge in [0.2, 0.25) is 5.91 Å². The Kier molecular flexibility index (Phi) is 5.35. The summed E-state index contributed by atoms with van der Waals surface area (Å²) in [5.74, 6) is 1.37. The molecule has 20 heavy (non-hydrogen) atoms. The minimum absolute atomic E-state index is 0.121. The van der Waals surface area contributed by atoms with Crippen molar-refractivity contribution in [3.05, 3.63) is 23.8 Å². The number of para-hydroxylation sites is 1. The molecule has 0 spiro atoms. The molecule has 4 heteroatoms. The molecule has 1 aliphatic carbocycles. The number of hydrogen-bond donors (Lipinski definition) is 2. The van der Waals surface area contributed by atoms with Crippen LogP contribution in [-0.4, -0.2) is 17.7 Å². The minimum atomic E-state index is 0.121. The van der Waals surface area contributed by atoms with Gasteiger partial charge in [0, 0.05) is 16.6 Å². The van der Waals surface area contributed by atoms with Gasteiger partial charge in [-0.2, -0.15) is 0 Å². The van der Waals surface area contributed by atoms with Crippen molar-refractivity contribution >= 4 is 23.4 Å². The topological polar surface area (TPSA) is 55.1 Å². The molecule has 1 aromatic rings. The van der Waals surface area contributed by atoms with E-state index in [1.165, 1.54) is 24.6 Å². The quantitative estimate of drug-likeness (QED) is 0.661. The summed E-state index contributed by atoms with van der Waals surface area (Å²) in [6.07, 6.45) is 4.68. The van der Waals surface area contributed by atoms with Gasteiger partial charge in [0.1, 0.15) is 0 Å². The maximum absolute atomic E-state index is 12.0. The molecule has 0 aliphatic heterocycles. The second-order valence-electron chi connectivity index (χ2n) is 5.80. The zero-order valence-electron chi connectivity index (χ0n) is 12.3. The van der Waals surface area contributed by atoms with E-state index in [-0.39, 0.29) is 5.91 Å². The first-order chi connectivity index (χ1) is 9.56. The van der Waals surface area contributed by atoms with Crippen LogP contribution in [0.2, 0.25) is 0 Å². The molecule has 0 bridgehead atoms. The molecule has 110 valence electrons. The van der Waals surface area contributed by atoms with Crippen molar-refractivity contribution in [1.29, 1.82) is 0 Å². The molecule has 1 saturated carbocycles. The first kappa shape index (κ1) is 15.2. The molecule has 3 nitrogen and oxygen atoms in total. The average Bonchev–Trinajstić information content (AvgIpc) is 2.43. The molecule has 1 fully saturated rings. The molecule has 2 rings (SSSR count). The van der Waals surface area contributed by atoms with Gasteiger partial charge in [-0.25, -0.2) is 0 Å². The number of amides is 1. The number of carbonyl (C=O) groups is 1. The highest BCUT2D eigenvalue weighted by molar-refractivity contribution is 8.00. The van der Waals surface area contributed by atoms with E-state index in [2.05, 4.69) is 12.2 Å². The number of thioether (sulfide) groups is 1. The van der Waals surface area contributed by atoms with Gasteiger partial charge < -0.3 is 11.1 Å². The highest BCUT2D eigenvalue weighted by atomic mass is 32.2. The molecule has 3 N–H and O–H groups in total. The summed E-state index contributed by atoms with van der Waals surface area (Å²) >= 11 is 1.52. The Bertz CT molecular complexity index is 468. The van der Waals surface area contributed by atoms with Crippen LogP contribution in [0, 0.1) is 12.8 Å². The van der Waals surface area contributed by atoms with Gasteiger partial charge in [0.05, 0.1) is 5.75 Å². The Hall–Kier alpha value is -1.16. The summed E-state index contributed by atoms with van der Waals surface area (Å²) in [4.78, 5) is 13.0. The molecule has 0 heterocycles. The summed E-state index contributed by atoms with van der Waals surface area (Å²) in [6, 6.07) is 6.31. The van der Waals surface area contributed by atoms with E-state index in [9.17, 15) is 4.79 Å². The highest BCUT2D eigenvalue weighted by Crippen LogP contribution is 2.27. The second kappa shape index (κ2) is 7.02. The lowest BCUT2D eigenvalue weighted by Gasteiger charge is -2.26. The lowest BCUT2D eigenvalue weighted by molar-refractivity contribution is -0.119. The van der Waals surface area contributed by atoms with Crippen molar-refractivity contribution in [3.8, 4) is 0 Å². The third-order valence-corrected chi connectivity index (χ3v) is 5.10. The number of nitrogens with one attached hydrogen (secondary N) is 1. The van der Waals surface area contributed by atoms with Crippen molar-refractivity contribution in [3.63, 3.8) is 0 Å². The van der Waals surface area contributed by atoms with Crippen LogP contribution < -0.4 is 11.1 Å². The molecule has 0 radical (unpaired) electrons. The number of anilines is 1. The van der Waals surface area contributed by atoms with Gasteiger partial charge in [-0.3, -0.25) is 4.79 Å². The minimum Gasteiger partial charge on any atom is -0.398 e. The van der Waals surface area contributed by atoms with Crippen LogP contribution in [-0.2, 0) is 4.79 Å². The fraction of sp³-hybridized carbons (Fsp3) is 0.562. The number of carbonyl (C=O) groups excluding carboxylic acids is 1. The Balaban J connectivity index is 1.79. The molecule has 1 amide bonds. The summed E-state index contributed by atoms with van der Waals surface area (Å²) < 4.78 is 0. The number of aryl methyl sites for hydroxylation is 1. The Morgan fingerprint density at radius 2 is 2.05 bits per heavy atom. The molecular weight excluding hydrogens is 268 g/mol. The SMILES string of the molecule is Cc1cccc(SCC(=O)NC2CCC(C)CC2)c1N. The predicted molar refractivity (Wildman–Crippen MR) is 85.9 cm³/mol. The number of benzene rings is 1. The Morgan fingerprint density at radius 3 is 2.75 bits per heavy atom. The van der Waals surface area contributed by atoms with Crippen LogP contribution in [0.1, 0.15) is 38.2 Å². The van der Waals surface area contributed by atoms with Crippen LogP contribution in [0.25, 0.3) is 0 Å². The fourth-order valence-corrected chi connectivity index (χ4v) is 3.46. The zero-order chi connectivity index (χ0) is 14.5. The molecule has 0 atom stereocenters. The van der Waals surface area contributed by atoms with Gasteiger partial charge in [0.25, 0.3) is 0 Å². The van der Waals surface area contributed by atoms with Crippen molar-refractivity contribution < 1.29 is 4.79 Å². The highest BCUT2D eigenvalue weighted by Gasteiger charge is 2.19. The maximum atomic E-state index is 12.0. The van der Waals surface area contributed by atoms with Crippen LogP contribution in [0.4, 0.5) is 5.69 Å². The normalized spacial score (nSPS) is 22.5. The van der Waals surface area contributed by atoms with Crippen molar-refractivity contribution in [2.45, 2.75) is 50.5 Å². The zero-order valence-corrected chi connectivity index (χ0v) is 13.1. The van der Waals surface area contributed by atoms with Crippen molar-refractivity contribution in [2.75, 3.05) is 11.5 Å². The van der Waals surface area contributed by atoms with Crippen LogP contribution in [0.3, 0.4) is 0 Å². The van der Waals surface area contributed by atoms with E-state index < -0.39 is 0 Å². The largest absolute Gasteiger partial charge is 0.398 e. The van der Waals surface area contributed by atoms with E-state index in [0.717, 1.165) is 34.9 Å². The van der Waals surface area contributed by atoms with Gasteiger partial charge in [-0.1, -0.05) is 19.1 Å². The summed E-state index contributed by atoms with van der Waals surface area (Å²) in [5, 5.41) is 3.14. The van der Waals surface area contributed by atoms with Gasteiger partial charge >= 0.3 is 0 Å². The standard InChI is InChI=1S/C16H24N2OS/c1-11-6-8-13(9-7-11)18-15(19)10-20-14-5-3-4-12(2)16(14)17/h3-5,11,13H,6-10,17H2,1-2H3,(H,18,19). The number of nitrogens with two attached hydrogens (primary N) is 1. The van der Waals surface area contributed by atoms with E-state index in [1.54, 1.807) is 0 Å². The van der Waals surface area contributed by atoms with Gasteiger partial charge in [-0.05, 0) is 50.2 Å². The van der Waals surface area contributed by atoms with E-state index in [1.807, 2.05) is 25.1 Å².